The molecule has 3 rings (SSSR count). The van der Waals surface area contributed by atoms with Crippen molar-refractivity contribution in [1.82, 2.24) is 4.98 Å². The molecule has 2 aromatic carbocycles. The third kappa shape index (κ3) is 3.20. The second-order valence-corrected chi connectivity index (χ2v) is 7.15. The molecule has 0 radical (unpaired) electrons. The maximum absolute atomic E-state index is 12.2. The van der Waals surface area contributed by atoms with Gasteiger partial charge in [-0.2, -0.15) is 0 Å². The lowest BCUT2D eigenvalue weighted by Crippen LogP contribution is -2.14. The number of carbonyl (C=O) groups excluding carboxylic acids is 1. The maximum atomic E-state index is 12.2. The Morgan fingerprint density at radius 1 is 1.27 bits per heavy atom. The highest BCUT2D eigenvalue weighted by Crippen LogP contribution is 2.30. The normalized spacial score (nSPS) is 10.9. The number of nitrogens with zero attached hydrogens (tertiary/aromatic N) is 1. The van der Waals surface area contributed by atoms with Gasteiger partial charge in [-0.3, -0.25) is 4.79 Å². The molecule has 1 aromatic heterocycles. The summed E-state index contributed by atoms with van der Waals surface area (Å²) in [6.07, 6.45) is 0.364. The number of nitrogens with one attached hydrogen (secondary N) is 1. The standard InChI is InChI=1S/C17H15BrN2OS/c1-10-6-7-12(11(2)8-10)9-15(21)19-17-20-16-13(18)4-3-5-14(16)22-17/h3-8H,9H2,1-2H3,(H,19,20,21). The van der Waals surface area contributed by atoms with E-state index in [0.29, 0.717) is 11.6 Å². The Morgan fingerprint density at radius 2 is 2.09 bits per heavy atom. The number of aryl methyl sites for hydroxylation is 2. The van der Waals surface area contributed by atoms with Gasteiger partial charge in [0.05, 0.1) is 16.6 Å². The number of fused-ring (bicyclic) bond motifs is 1. The Labute approximate surface area is 141 Å². The van der Waals surface area contributed by atoms with Crippen molar-refractivity contribution >= 4 is 48.5 Å². The molecule has 0 aliphatic rings. The van der Waals surface area contributed by atoms with Crippen LogP contribution < -0.4 is 5.32 Å². The van der Waals surface area contributed by atoms with Gasteiger partial charge in [0.25, 0.3) is 0 Å². The molecule has 0 saturated heterocycles. The lowest BCUT2D eigenvalue weighted by Gasteiger charge is -2.06. The first-order valence-electron chi connectivity index (χ1n) is 6.94. The third-order valence-corrected chi connectivity index (χ3v) is 5.04. The monoisotopic (exact) mass is 374 g/mol. The fourth-order valence-electron chi connectivity index (χ4n) is 2.35. The molecule has 22 heavy (non-hydrogen) atoms. The van der Waals surface area contributed by atoms with E-state index in [1.54, 1.807) is 0 Å². The molecule has 3 nitrogen and oxygen atoms in total. The van der Waals surface area contributed by atoms with Gasteiger partial charge >= 0.3 is 0 Å². The predicted molar refractivity (Wildman–Crippen MR) is 95.6 cm³/mol. The number of anilines is 1. The summed E-state index contributed by atoms with van der Waals surface area (Å²) in [5, 5.41) is 3.53. The number of halogens is 1. The average Bonchev–Trinajstić information content (AvgIpc) is 2.86. The number of aromatic nitrogens is 1. The predicted octanol–water partition coefficient (Wildman–Crippen LogP) is 4.86. The number of thiazole rings is 1. The molecule has 0 fully saturated rings. The second kappa shape index (κ2) is 6.18. The summed E-state index contributed by atoms with van der Waals surface area (Å²) in [5.74, 6) is -0.0397. The Morgan fingerprint density at radius 3 is 2.82 bits per heavy atom. The zero-order valence-corrected chi connectivity index (χ0v) is 14.7. The number of rotatable bonds is 3. The van der Waals surface area contributed by atoms with Crippen molar-refractivity contribution in [2.75, 3.05) is 5.32 Å². The van der Waals surface area contributed by atoms with Crippen molar-refractivity contribution in [2.45, 2.75) is 20.3 Å². The van der Waals surface area contributed by atoms with E-state index in [9.17, 15) is 4.79 Å². The summed E-state index contributed by atoms with van der Waals surface area (Å²) in [6.45, 7) is 4.08. The molecule has 3 aromatic rings. The van der Waals surface area contributed by atoms with E-state index in [0.717, 1.165) is 25.8 Å². The fourth-order valence-corrected chi connectivity index (χ4v) is 3.84. The zero-order valence-electron chi connectivity index (χ0n) is 12.3. The van der Waals surface area contributed by atoms with Crippen LogP contribution in [-0.2, 0) is 11.2 Å². The number of para-hydroxylation sites is 1. The van der Waals surface area contributed by atoms with Gasteiger partial charge in [0.1, 0.15) is 0 Å². The van der Waals surface area contributed by atoms with Crippen LogP contribution in [0.1, 0.15) is 16.7 Å². The smallest absolute Gasteiger partial charge is 0.230 e. The number of amides is 1. The lowest BCUT2D eigenvalue weighted by atomic mass is 10.0. The van der Waals surface area contributed by atoms with E-state index in [4.69, 9.17) is 0 Å². The summed E-state index contributed by atoms with van der Waals surface area (Å²) < 4.78 is 1.99. The Kier molecular flexibility index (Phi) is 4.27. The number of hydrogen-bond donors (Lipinski definition) is 1. The first-order valence-corrected chi connectivity index (χ1v) is 8.55. The first kappa shape index (κ1) is 15.2. The van der Waals surface area contributed by atoms with Gasteiger partial charge in [-0.15, -0.1) is 0 Å². The van der Waals surface area contributed by atoms with E-state index in [-0.39, 0.29) is 5.91 Å². The summed E-state index contributed by atoms with van der Waals surface area (Å²) in [4.78, 5) is 16.7. The minimum absolute atomic E-state index is 0.0397. The Hall–Kier alpha value is -1.72. The van der Waals surface area contributed by atoms with Crippen LogP contribution in [0.15, 0.2) is 40.9 Å². The Bertz CT molecular complexity index is 857. The van der Waals surface area contributed by atoms with Crippen LogP contribution in [0.2, 0.25) is 0 Å². The van der Waals surface area contributed by atoms with E-state index in [1.807, 2.05) is 37.3 Å². The van der Waals surface area contributed by atoms with Crippen LogP contribution in [0.5, 0.6) is 0 Å². The molecular formula is C17H15BrN2OS. The van der Waals surface area contributed by atoms with E-state index >= 15 is 0 Å². The Balaban J connectivity index is 1.77. The highest BCUT2D eigenvalue weighted by atomic mass is 79.9. The molecule has 0 bridgehead atoms. The van der Waals surface area contributed by atoms with E-state index in [1.165, 1.54) is 16.9 Å². The zero-order chi connectivity index (χ0) is 15.7. The van der Waals surface area contributed by atoms with Crippen molar-refractivity contribution < 1.29 is 4.79 Å². The van der Waals surface area contributed by atoms with Crippen LogP contribution in [0.4, 0.5) is 5.13 Å². The number of benzene rings is 2. The van der Waals surface area contributed by atoms with Crippen LogP contribution in [0.25, 0.3) is 10.2 Å². The topological polar surface area (TPSA) is 42.0 Å². The lowest BCUT2D eigenvalue weighted by molar-refractivity contribution is -0.115. The summed E-state index contributed by atoms with van der Waals surface area (Å²) in [5.41, 5.74) is 4.28. The molecule has 0 unspecified atom stereocenters. The van der Waals surface area contributed by atoms with Crippen molar-refractivity contribution in [3.63, 3.8) is 0 Å². The van der Waals surface area contributed by atoms with Crippen LogP contribution >= 0.6 is 27.3 Å². The molecule has 0 aliphatic carbocycles. The van der Waals surface area contributed by atoms with Crippen LogP contribution in [0, 0.1) is 13.8 Å². The van der Waals surface area contributed by atoms with Gasteiger partial charge in [-0.1, -0.05) is 41.2 Å². The van der Waals surface area contributed by atoms with Crippen LogP contribution in [-0.4, -0.2) is 10.9 Å². The van der Waals surface area contributed by atoms with E-state index < -0.39 is 0 Å². The minimum Gasteiger partial charge on any atom is -0.302 e. The molecular weight excluding hydrogens is 360 g/mol. The number of hydrogen-bond acceptors (Lipinski definition) is 3. The molecule has 5 heteroatoms. The van der Waals surface area contributed by atoms with Gasteiger partial charge in [-0.25, -0.2) is 4.98 Å². The van der Waals surface area contributed by atoms with Gasteiger partial charge in [0, 0.05) is 4.47 Å². The molecule has 0 saturated carbocycles. The molecule has 112 valence electrons. The van der Waals surface area contributed by atoms with Crippen molar-refractivity contribution in [3.05, 3.63) is 57.6 Å². The van der Waals surface area contributed by atoms with Gasteiger partial charge in [-0.05, 0) is 53.0 Å². The van der Waals surface area contributed by atoms with Crippen LogP contribution in [0.3, 0.4) is 0 Å². The highest BCUT2D eigenvalue weighted by molar-refractivity contribution is 9.10. The summed E-state index contributed by atoms with van der Waals surface area (Å²) in [7, 11) is 0. The maximum Gasteiger partial charge on any atom is 0.230 e. The minimum atomic E-state index is -0.0397. The fraction of sp³-hybridized carbons (Fsp3) is 0.176. The highest BCUT2D eigenvalue weighted by Gasteiger charge is 2.11. The third-order valence-electron chi connectivity index (χ3n) is 3.47. The van der Waals surface area contributed by atoms with Gasteiger partial charge < -0.3 is 5.32 Å². The molecule has 0 spiro atoms. The summed E-state index contributed by atoms with van der Waals surface area (Å²) >= 11 is 4.96. The van der Waals surface area contributed by atoms with Crippen molar-refractivity contribution in [3.8, 4) is 0 Å². The first-order chi connectivity index (χ1) is 10.5. The molecule has 1 amide bonds. The molecule has 0 aliphatic heterocycles. The van der Waals surface area contributed by atoms with Gasteiger partial charge in [0.15, 0.2) is 5.13 Å². The SMILES string of the molecule is Cc1ccc(CC(=O)Nc2nc3c(Br)cccc3s2)c(C)c1. The molecule has 1 N–H and O–H groups in total. The largest absolute Gasteiger partial charge is 0.302 e. The quantitative estimate of drug-likeness (QED) is 0.711. The molecule has 0 atom stereocenters. The second-order valence-electron chi connectivity index (χ2n) is 5.26. The van der Waals surface area contributed by atoms with Crippen molar-refractivity contribution in [1.29, 1.82) is 0 Å². The van der Waals surface area contributed by atoms with Crippen molar-refractivity contribution in [2.24, 2.45) is 0 Å². The van der Waals surface area contributed by atoms with E-state index in [2.05, 4.69) is 39.2 Å². The summed E-state index contributed by atoms with van der Waals surface area (Å²) in [6, 6.07) is 12.0. The average molecular weight is 375 g/mol. The van der Waals surface area contributed by atoms with Gasteiger partial charge in [0.2, 0.25) is 5.91 Å². The molecule has 1 heterocycles. The number of carbonyl (C=O) groups is 1.